The average Bonchev–Trinajstić information content (AvgIpc) is 2.41. The Morgan fingerprint density at radius 2 is 1.84 bits per heavy atom. The maximum Gasteiger partial charge on any atom is 0.120 e. The molecule has 0 bridgehead atoms. The largest absolute Gasteiger partial charge is 0.497 e. The van der Waals surface area contributed by atoms with Gasteiger partial charge in [-0.05, 0) is 41.8 Å². The summed E-state index contributed by atoms with van der Waals surface area (Å²) in [5.41, 5.74) is 2.10. The smallest absolute Gasteiger partial charge is 0.120 e. The second-order valence-corrected chi connectivity index (χ2v) is 6.04. The molecule has 1 atom stereocenters. The fourth-order valence-corrected chi connectivity index (χ4v) is 2.82. The van der Waals surface area contributed by atoms with E-state index >= 15 is 0 Å². The molecule has 0 amide bonds. The Morgan fingerprint density at radius 3 is 2.42 bits per heavy atom. The average molecular weight is 360 g/mol. The molecule has 2 aromatic rings. The summed E-state index contributed by atoms with van der Waals surface area (Å²) < 4.78 is 6.19. The molecular formula is C15H13BrCl2O. The number of alkyl halides is 1. The van der Waals surface area contributed by atoms with Crippen molar-refractivity contribution in [2.45, 2.75) is 11.8 Å². The van der Waals surface area contributed by atoms with Crippen molar-refractivity contribution in [2.75, 3.05) is 7.11 Å². The Kier molecular flexibility index (Phi) is 5.14. The minimum atomic E-state index is -0.153. The Morgan fingerprint density at radius 1 is 1.16 bits per heavy atom. The van der Waals surface area contributed by atoms with E-state index in [1.807, 2.05) is 24.3 Å². The van der Waals surface area contributed by atoms with Crippen molar-refractivity contribution in [3.63, 3.8) is 0 Å². The summed E-state index contributed by atoms with van der Waals surface area (Å²) in [5, 5.41) is 0.482. The van der Waals surface area contributed by atoms with E-state index < -0.39 is 0 Å². The fourth-order valence-electron chi connectivity index (χ4n) is 1.83. The third-order valence-electron chi connectivity index (χ3n) is 2.87. The maximum absolute atomic E-state index is 6.44. The lowest BCUT2D eigenvalue weighted by Crippen LogP contribution is -1.97. The van der Waals surface area contributed by atoms with Crippen LogP contribution in [0.15, 0.2) is 46.9 Å². The molecule has 2 aromatic carbocycles. The van der Waals surface area contributed by atoms with Gasteiger partial charge in [-0.2, -0.15) is 0 Å². The zero-order chi connectivity index (χ0) is 13.8. The Labute approximate surface area is 131 Å². The van der Waals surface area contributed by atoms with Crippen LogP contribution in [0.25, 0.3) is 0 Å². The monoisotopic (exact) mass is 358 g/mol. The summed E-state index contributed by atoms with van der Waals surface area (Å²) in [6, 6.07) is 13.7. The third-order valence-corrected chi connectivity index (χ3v) is 4.12. The lowest BCUT2D eigenvalue weighted by atomic mass is 10.0. The van der Waals surface area contributed by atoms with E-state index in [0.29, 0.717) is 5.02 Å². The summed E-state index contributed by atoms with van der Waals surface area (Å²) in [6.45, 7) is 0. The molecule has 0 N–H and O–H groups in total. The normalized spacial score (nSPS) is 12.2. The molecule has 0 radical (unpaired) electrons. The van der Waals surface area contributed by atoms with E-state index in [1.165, 1.54) is 5.56 Å². The molecule has 0 aliphatic carbocycles. The number of benzene rings is 2. The van der Waals surface area contributed by atoms with E-state index in [1.54, 1.807) is 13.2 Å². The van der Waals surface area contributed by atoms with Gasteiger partial charge in [0.2, 0.25) is 0 Å². The first-order valence-electron chi connectivity index (χ1n) is 5.82. The van der Waals surface area contributed by atoms with Gasteiger partial charge in [-0.15, -0.1) is 11.6 Å². The van der Waals surface area contributed by atoms with Crippen molar-refractivity contribution in [1.82, 2.24) is 0 Å². The number of hydrogen-bond donors (Lipinski definition) is 0. The highest BCUT2D eigenvalue weighted by Crippen LogP contribution is 2.33. The number of halogens is 3. The van der Waals surface area contributed by atoms with Crippen LogP contribution >= 0.6 is 39.1 Å². The molecular weight excluding hydrogens is 347 g/mol. The predicted molar refractivity (Wildman–Crippen MR) is 84.4 cm³/mol. The van der Waals surface area contributed by atoms with Crippen molar-refractivity contribution >= 4 is 39.1 Å². The maximum atomic E-state index is 6.44. The summed E-state index contributed by atoms with van der Waals surface area (Å²) >= 11 is 16.1. The second-order valence-electron chi connectivity index (χ2n) is 4.19. The quantitative estimate of drug-likeness (QED) is 0.642. The molecule has 0 aromatic heterocycles. The molecule has 4 heteroatoms. The minimum absolute atomic E-state index is 0.153. The Hall–Kier alpha value is -0.700. The van der Waals surface area contributed by atoms with E-state index in [2.05, 4.69) is 28.1 Å². The third kappa shape index (κ3) is 3.88. The van der Waals surface area contributed by atoms with Crippen LogP contribution < -0.4 is 4.74 Å². The SMILES string of the molecule is COc1ccc(C(Cl)Cc2ccc(Br)cc2)c(Cl)c1. The topological polar surface area (TPSA) is 9.23 Å². The molecule has 0 saturated heterocycles. The molecule has 2 rings (SSSR count). The molecule has 0 heterocycles. The van der Waals surface area contributed by atoms with Gasteiger partial charge in [0.05, 0.1) is 12.5 Å². The van der Waals surface area contributed by atoms with Crippen LogP contribution in [0.3, 0.4) is 0 Å². The summed E-state index contributed by atoms with van der Waals surface area (Å²) in [6.07, 6.45) is 0.737. The molecule has 0 spiro atoms. The lowest BCUT2D eigenvalue weighted by molar-refractivity contribution is 0.414. The highest BCUT2D eigenvalue weighted by molar-refractivity contribution is 9.10. The summed E-state index contributed by atoms with van der Waals surface area (Å²) in [4.78, 5) is 0. The first kappa shape index (κ1) is 14.7. The Balaban J connectivity index is 2.15. The van der Waals surface area contributed by atoms with Crippen LogP contribution in [0.1, 0.15) is 16.5 Å². The standard InChI is InChI=1S/C15H13BrCl2O/c1-19-12-6-7-13(15(18)9-12)14(17)8-10-2-4-11(16)5-3-10/h2-7,9,14H,8H2,1H3. The van der Waals surface area contributed by atoms with Crippen molar-refractivity contribution < 1.29 is 4.74 Å². The summed E-state index contributed by atoms with van der Waals surface area (Å²) in [7, 11) is 1.62. The number of hydrogen-bond acceptors (Lipinski definition) is 1. The van der Waals surface area contributed by atoms with Gasteiger partial charge in [-0.25, -0.2) is 0 Å². The summed E-state index contributed by atoms with van der Waals surface area (Å²) in [5.74, 6) is 0.737. The molecule has 0 saturated carbocycles. The van der Waals surface area contributed by atoms with E-state index in [0.717, 1.165) is 22.2 Å². The number of rotatable bonds is 4. The molecule has 1 unspecified atom stereocenters. The van der Waals surface area contributed by atoms with E-state index in [-0.39, 0.29) is 5.38 Å². The van der Waals surface area contributed by atoms with Crippen molar-refractivity contribution in [3.05, 3.63) is 63.1 Å². The van der Waals surface area contributed by atoms with Crippen LogP contribution in [0, 0.1) is 0 Å². The molecule has 0 fully saturated rings. The number of methoxy groups -OCH3 is 1. The van der Waals surface area contributed by atoms with Gasteiger partial charge in [0.15, 0.2) is 0 Å². The van der Waals surface area contributed by atoms with Crippen LogP contribution in [-0.4, -0.2) is 7.11 Å². The number of ether oxygens (including phenoxy) is 1. The Bertz CT molecular complexity index is 555. The fraction of sp³-hybridized carbons (Fsp3) is 0.200. The van der Waals surface area contributed by atoms with Gasteiger partial charge < -0.3 is 4.74 Å². The predicted octanol–water partition coefficient (Wildman–Crippen LogP) is 5.63. The zero-order valence-electron chi connectivity index (χ0n) is 10.4. The van der Waals surface area contributed by atoms with Crippen molar-refractivity contribution in [3.8, 4) is 5.75 Å². The molecule has 0 aliphatic heterocycles. The first-order valence-corrected chi connectivity index (χ1v) is 7.43. The van der Waals surface area contributed by atoms with Gasteiger partial charge in [0, 0.05) is 9.50 Å². The zero-order valence-corrected chi connectivity index (χ0v) is 13.5. The molecule has 0 aliphatic rings. The molecule has 100 valence electrons. The van der Waals surface area contributed by atoms with Gasteiger partial charge >= 0.3 is 0 Å². The van der Waals surface area contributed by atoms with Crippen LogP contribution in [-0.2, 0) is 6.42 Å². The molecule has 1 nitrogen and oxygen atoms in total. The van der Waals surface area contributed by atoms with Crippen LogP contribution in [0.4, 0.5) is 0 Å². The molecule has 19 heavy (non-hydrogen) atoms. The van der Waals surface area contributed by atoms with Crippen LogP contribution in [0.2, 0.25) is 5.02 Å². The highest BCUT2D eigenvalue weighted by Gasteiger charge is 2.13. The van der Waals surface area contributed by atoms with E-state index in [9.17, 15) is 0 Å². The first-order chi connectivity index (χ1) is 9.10. The van der Waals surface area contributed by atoms with Crippen molar-refractivity contribution in [1.29, 1.82) is 0 Å². The van der Waals surface area contributed by atoms with Gasteiger partial charge in [-0.3, -0.25) is 0 Å². The van der Waals surface area contributed by atoms with Gasteiger partial charge in [0.25, 0.3) is 0 Å². The van der Waals surface area contributed by atoms with Crippen LogP contribution in [0.5, 0.6) is 5.75 Å². The van der Waals surface area contributed by atoms with Gasteiger partial charge in [-0.1, -0.05) is 45.7 Å². The van der Waals surface area contributed by atoms with E-state index in [4.69, 9.17) is 27.9 Å². The minimum Gasteiger partial charge on any atom is -0.497 e. The highest BCUT2D eigenvalue weighted by atomic mass is 79.9. The van der Waals surface area contributed by atoms with Crippen molar-refractivity contribution in [2.24, 2.45) is 0 Å². The van der Waals surface area contributed by atoms with Gasteiger partial charge in [0.1, 0.15) is 5.75 Å². The second kappa shape index (κ2) is 6.65. The lowest BCUT2D eigenvalue weighted by Gasteiger charge is -2.13.